The SMILES string of the molecule is CN=C(NCC(C)Oc1cccc(F)c1)NC1C2CCOC2C1(C)C.I. The number of ether oxygens (including phenoxy) is 2. The Morgan fingerprint density at radius 3 is 2.92 bits per heavy atom. The lowest BCUT2D eigenvalue weighted by Gasteiger charge is -2.54. The Bertz CT molecular complexity index is 641. The Labute approximate surface area is 172 Å². The summed E-state index contributed by atoms with van der Waals surface area (Å²) in [7, 11) is 1.77. The molecule has 1 aliphatic heterocycles. The van der Waals surface area contributed by atoms with Crippen LogP contribution in [0.2, 0.25) is 0 Å². The van der Waals surface area contributed by atoms with Gasteiger partial charge in [-0.1, -0.05) is 19.9 Å². The molecule has 3 rings (SSSR count). The average Bonchev–Trinajstić information content (AvgIpc) is 3.02. The van der Waals surface area contributed by atoms with E-state index in [1.807, 2.05) is 6.92 Å². The minimum absolute atomic E-state index is 0. The summed E-state index contributed by atoms with van der Waals surface area (Å²) in [5.41, 5.74) is 0.0997. The van der Waals surface area contributed by atoms with Gasteiger partial charge in [-0.05, 0) is 25.5 Å². The molecule has 1 saturated carbocycles. The minimum atomic E-state index is -0.296. The quantitative estimate of drug-likeness (QED) is 0.389. The van der Waals surface area contributed by atoms with Gasteiger partial charge in [0.2, 0.25) is 0 Å². The molecule has 1 aromatic rings. The van der Waals surface area contributed by atoms with E-state index in [0.717, 1.165) is 19.0 Å². The lowest BCUT2D eigenvalue weighted by atomic mass is 9.57. The third-order valence-electron chi connectivity index (χ3n) is 5.31. The highest BCUT2D eigenvalue weighted by Crippen LogP contribution is 2.52. The Morgan fingerprint density at radius 1 is 1.46 bits per heavy atom. The zero-order valence-corrected chi connectivity index (χ0v) is 18.1. The van der Waals surface area contributed by atoms with E-state index in [4.69, 9.17) is 9.47 Å². The van der Waals surface area contributed by atoms with Crippen molar-refractivity contribution in [1.29, 1.82) is 0 Å². The summed E-state index contributed by atoms with van der Waals surface area (Å²) in [5, 5.41) is 6.84. The first kappa shape index (κ1) is 21.2. The number of guanidine groups is 1. The second-order valence-electron chi connectivity index (χ2n) is 7.53. The van der Waals surface area contributed by atoms with Crippen molar-refractivity contribution < 1.29 is 13.9 Å². The van der Waals surface area contributed by atoms with Gasteiger partial charge in [-0.25, -0.2) is 4.39 Å². The maximum absolute atomic E-state index is 13.2. The molecule has 1 heterocycles. The fourth-order valence-electron chi connectivity index (χ4n) is 4.01. The number of halogens is 2. The maximum atomic E-state index is 13.2. The molecule has 0 spiro atoms. The molecule has 1 saturated heterocycles. The number of nitrogens with zero attached hydrogens (tertiary/aromatic N) is 1. The van der Waals surface area contributed by atoms with Crippen molar-refractivity contribution in [2.24, 2.45) is 16.3 Å². The summed E-state index contributed by atoms with van der Waals surface area (Å²) < 4.78 is 24.8. The Morgan fingerprint density at radius 2 is 2.23 bits per heavy atom. The summed E-state index contributed by atoms with van der Waals surface area (Å²) in [6.45, 7) is 7.84. The third-order valence-corrected chi connectivity index (χ3v) is 5.31. The molecule has 4 atom stereocenters. The van der Waals surface area contributed by atoms with E-state index in [-0.39, 0.29) is 41.3 Å². The van der Waals surface area contributed by atoms with Crippen LogP contribution in [-0.2, 0) is 4.74 Å². The second-order valence-corrected chi connectivity index (χ2v) is 7.53. The van der Waals surface area contributed by atoms with Gasteiger partial charge in [0.25, 0.3) is 0 Å². The summed E-state index contributed by atoms with van der Waals surface area (Å²) >= 11 is 0. The molecular formula is C19H29FIN3O2. The second kappa shape index (κ2) is 8.73. The first-order valence-electron chi connectivity index (χ1n) is 8.93. The maximum Gasteiger partial charge on any atom is 0.191 e. The van der Waals surface area contributed by atoms with Crippen molar-refractivity contribution in [3.05, 3.63) is 30.1 Å². The van der Waals surface area contributed by atoms with Crippen LogP contribution in [0.5, 0.6) is 5.75 Å². The number of aliphatic imine (C=N–C) groups is 1. The summed E-state index contributed by atoms with van der Waals surface area (Å²) in [5.74, 6) is 1.55. The van der Waals surface area contributed by atoms with Crippen LogP contribution in [0.4, 0.5) is 4.39 Å². The van der Waals surface area contributed by atoms with Crippen LogP contribution < -0.4 is 15.4 Å². The smallest absolute Gasteiger partial charge is 0.191 e. The van der Waals surface area contributed by atoms with Crippen LogP contribution >= 0.6 is 24.0 Å². The standard InChI is InChI=1S/C19H28FN3O2.HI/c1-12(25-14-7-5-6-13(20)10-14)11-22-18(21-4)23-16-15-8-9-24-17(15)19(16,2)3;/h5-7,10,12,15-17H,8-9,11H2,1-4H3,(H2,21,22,23);1H. The van der Waals surface area contributed by atoms with E-state index in [0.29, 0.717) is 30.4 Å². The molecule has 0 amide bonds. The molecule has 1 aliphatic carbocycles. The van der Waals surface area contributed by atoms with E-state index < -0.39 is 0 Å². The van der Waals surface area contributed by atoms with Gasteiger partial charge in [-0.2, -0.15) is 0 Å². The van der Waals surface area contributed by atoms with Gasteiger partial charge < -0.3 is 20.1 Å². The summed E-state index contributed by atoms with van der Waals surface area (Å²) in [6.07, 6.45) is 1.33. The molecule has 0 bridgehead atoms. The number of hydrogen-bond donors (Lipinski definition) is 2. The van der Waals surface area contributed by atoms with Gasteiger partial charge in [0.15, 0.2) is 5.96 Å². The monoisotopic (exact) mass is 477 g/mol. The topological polar surface area (TPSA) is 54.9 Å². The van der Waals surface area contributed by atoms with Gasteiger partial charge in [0.1, 0.15) is 17.7 Å². The highest BCUT2D eigenvalue weighted by molar-refractivity contribution is 14.0. The molecule has 1 aromatic carbocycles. The third kappa shape index (κ3) is 4.42. The van der Waals surface area contributed by atoms with E-state index >= 15 is 0 Å². The number of fused-ring (bicyclic) bond motifs is 1. The van der Waals surface area contributed by atoms with Crippen molar-refractivity contribution in [2.45, 2.75) is 45.4 Å². The average molecular weight is 477 g/mol. The van der Waals surface area contributed by atoms with Gasteiger partial charge in [0, 0.05) is 37.1 Å². The molecule has 2 fully saturated rings. The zero-order chi connectivity index (χ0) is 18.0. The minimum Gasteiger partial charge on any atom is -0.489 e. The highest BCUT2D eigenvalue weighted by atomic mass is 127. The van der Waals surface area contributed by atoms with Gasteiger partial charge in [-0.3, -0.25) is 4.99 Å². The lowest BCUT2D eigenvalue weighted by molar-refractivity contribution is -0.106. The molecule has 0 radical (unpaired) electrons. The first-order valence-corrected chi connectivity index (χ1v) is 8.93. The van der Waals surface area contributed by atoms with Gasteiger partial charge in [0.05, 0.1) is 12.6 Å². The van der Waals surface area contributed by atoms with Crippen molar-refractivity contribution >= 4 is 29.9 Å². The van der Waals surface area contributed by atoms with Crippen molar-refractivity contribution in [1.82, 2.24) is 10.6 Å². The molecular weight excluding hydrogens is 448 g/mol. The Balaban J connectivity index is 0.00000243. The summed E-state index contributed by atoms with van der Waals surface area (Å²) in [6, 6.07) is 6.54. The van der Waals surface area contributed by atoms with E-state index in [1.54, 1.807) is 19.2 Å². The molecule has 4 unspecified atom stereocenters. The van der Waals surface area contributed by atoms with E-state index in [1.165, 1.54) is 12.1 Å². The largest absolute Gasteiger partial charge is 0.489 e. The number of nitrogens with one attached hydrogen (secondary N) is 2. The number of hydrogen-bond acceptors (Lipinski definition) is 3. The van der Waals surface area contributed by atoms with Crippen LogP contribution in [0.25, 0.3) is 0 Å². The normalized spacial score (nSPS) is 27.6. The predicted octanol–water partition coefficient (Wildman–Crippen LogP) is 3.19. The van der Waals surface area contributed by atoms with Crippen LogP contribution in [0.1, 0.15) is 27.2 Å². The molecule has 7 heteroatoms. The Kier molecular flexibility index (Phi) is 7.12. The molecule has 5 nitrogen and oxygen atoms in total. The molecule has 26 heavy (non-hydrogen) atoms. The van der Waals surface area contributed by atoms with Crippen LogP contribution in [0.3, 0.4) is 0 Å². The molecule has 0 aromatic heterocycles. The van der Waals surface area contributed by atoms with Crippen LogP contribution in [0.15, 0.2) is 29.3 Å². The highest BCUT2D eigenvalue weighted by Gasteiger charge is 2.59. The van der Waals surface area contributed by atoms with Crippen LogP contribution in [-0.4, -0.2) is 44.4 Å². The van der Waals surface area contributed by atoms with Crippen LogP contribution in [0, 0.1) is 17.2 Å². The zero-order valence-electron chi connectivity index (χ0n) is 15.8. The molecule has 2 aliphatic rings. The fourth-order valence-corrected chi connectivity index (χ4v) is 4.01. The van der Waals surface area contributed by atoms with E-state index in [9.17, 15) is 4.39 Å². The predicted molar refractivity (Wildman–Crippen MR) is 112 cm³/mol. The Hall–Kier alpha value is -1.09. The van der Waals surface area contributed by atoms with E-state index in [2.05, 4.69) is 29.5 Å². The number of rotatable bonds is 5. The number of benzene rings is 1. The summed E-state index contributed by atoms with van der Waals surface area (Å²) in [4.78, 5) is 4.32. The first-order chi connectivity index (χ1) is 11.9. The molecule has 2 N–H and O–H groups in total. The van der Waals surface area contributed by atoms with Gasteiger partial charge in [-0.15, -0.1) is 24.0 Å². The van der Waals surface area contributed by atoms with Crippen molar-refractivity contribution in [3.63, 3.8) is 0 Å². The van der Waals surface area contributed by atoms with Crippen molar-refractivity contribution in [3.8, 4) is 5.75 Å². The molecule has 146 valence electrons. The van der Waals surface area contributed by atoms with Crippen molar-refractivity contribution in [2.75, 3.05) is 20.2 Å². The van der Waals surface area contributed by atoms with Gasteiger partial charge >= 0.3 is 0 Å². The fraction of sp³-hybridized carbons (Fsp3) is 0.632. The lowest BCUT2D eigenvalue weighted by Crippen LogP contribution is -2.68.